The summed E-state index contributed by atoms with van der Waals surface area (Å²) in [6.45, 7) is -0.0822. The van der Waals surface area contributed by atoms with E-state index >= 15 is 0 Å². The van der Waals surface area contributed by atoms with E-state index in [1.807, 2.05) is 0 Å². The number of methoxy groups -OCH3 is 1. The molecule has 0 bridgehead atoms. The quantitative estimate of drug-likeness (QED) is 0.837. The number of carboxylic acids is 1. The summed E-state index contributed by atoms with van der Waals surface area (Å²) < 4.78 is 38.0. The Bertz CT molecular complexity index is 778. The van der Waals surface area contributed by atoms with E-state index in [9.17, 15) is 18.3 Å². The molecule has 1 aromatic carbocycles. The molecule has 1 aromatic rings. The van der Waals surface area contributed by atoms with Crippen molar-refractivity contribution < 1.29 is 27.8 Å². The Morgan fingerprint density at radius 1 is 1.46 bits per heavy atom. The van der Waals surface area contributed by atoms with Crippen LogP contribution < -0.4 is 9.47 Å². The minimum atomic E-state index is -3.70. The highest BCUT2D eigenvalue weighted by Gasteiger charge is 2.59. The lowest BCUT2D eigenvalue weighted by atomic mass is 9.73. The van der Waals surface area contributed by atoms with E-state index in [1.54, 1.807) is 18.2 Å². The Balaban J connectivity index is 2.06. The summed E-state index contributed by atoms with van der Waals surface area (Å²) in [5, 5.41) is 9.81. The molecule has 0 saturated carbocycles. The molecule has 8 nitrogen and oxygen atoms in total. The van der Waals surface area contributed by atoms with Crippen molar-refractivity contribution in [2.75, 3.05) is 40.9 Å². The average Bonchev–Trinajstić information content (AvgIpc) is 2.96. The average molecular weight is 356 g/mol. The van der Waals surface area contributed by atoms with Gasteiger partial charge in [0.1, 0.15) is 23.5 Å². The second-order valence-electron chi connectivity index (χ2n) is 6.29. The van der Waals surface area contributed by atoms with Gasteiger partial charge in [-0.1, -0.05) is 6.07 Å². The van der Waals surface area contributed by atoms with Crippen molar-refractivity contribution in [2.24, 2.45) is 5.41 Å². The van der Waals surface area contributed by atoms with Crippen molar-refractivity contribution in [1.82, 2.24) is 8.61 Å². The van der Waals surface area contributed by atoms with Crippen LogP contribution in [-0.4, -0.2) is 69.0 Å². The van der Waals surface area contributed by atoms with Gasteiger partial charge in [0, 0.05) is 44.7 Å². The number of rotatable bonds is 4. The van der Waals surface area contributed by atoms with Crippen LogP contribution in [0.1, 0.15) is 11.5 Å². The molecule has 1 N–H and O–H groups in total. The number of carboxylic acid groups (broad SMARTS) is 1. The van der Waals surface area contributed by atoms with E-state index in [4.69, 9.17) is 9.47 Å². The number of hydrogen-bond donors (Lipinski definition) is 1. The molecular weight excluding hydrogens is 336 g/mol. The Morgan fingerprint density at radius 3 is 2.75 bits per heavy atom. The van der Waals surface area contributed by atoms with Gasteiger partial charge >= 0.3 is 5.97 Å². The molecule has 0 amide bonds. The van der Waals surface area contributed by atoms with Gasteiger partial charge in [-0.2, -0.15) is 17.0 Å². The van der Waals surface area contributed by atoms with Crippen LogP contribution >= 0.6 is 0 Å². The predicted octanol–water partition coefficient (Wildman–Crippen LogP) is 0.364. The molecule has 0 aromatic heterocycles. The summed E-state index contributed by atoms with van der Waals surface area (Å²) in [6.07, 6.45) is 0. The van der Waals surface area contributed by atoms with Crippen molar-refractivity contribution in [1.29, 1.82) is 0 Å². The number of ether oxygens (including phenoxy) is 2. The number of fused-ring (bicyclic) bond motifs is 3. The Labute approximate surface area is 140 Å². The third kappa shape index (κ3) is 2.35. The lowest BCUT2D eigenvalue weighted by Crippen LogP contribution is -2.46. The monoisotopic (exact) mass is 356 g/mol. The fourth-order valence-corrected chi connectivity index (χ4v) is 4.55. The molecule has 2 unspecified atom stereocenters. The zero-order chi connectivity index (χ0) is 17.7. The maximum Gasteiger partial charge on any atom is 0.315 e. The van der Waals surface area contributed by atoms with E-state index in [-0.39, 0.29) is 19.7 Å². The van der Waals surface area contributed by atoms with Gasteiger partial charge in [-0.05, 0) is 6.07 Å². The van der Waals surface area contributed by atoms with Crippen LogP contribution in [0.2, 0.25) is 0 Å². The molecule has 0 aliphatic carbocycles. The first-order valence-electron chi connectivity index (χ1n) is 7.44. The molecule has 9 heteroatoms. The minimum absolute atomic E-state index is 0.0768. The number of hydrogen-bond acceptors (Lipinski definition) is 5. The molecule has 2 heterocycles. The van der Waals surface area contributed by atoms with Crippen molar-refractivity contribution in [3.05, 3.63) is 23.8 Å². The summed E-state index contributed by atoms with van der Waals surface area (Å²) >= 11 is 0. The third-order valence-corrected chi connectivity index (χ3v) is 6.66. The molecule has 0 spiro atoms. The molecule has 2 atom stereocenters. The standard InChI is InChI=1S/C15H20N2O6S/c1-16(2)24(20,21)17-7-12-11-5-4-10(22-3)6-13(11)23-9-15(12,8-17)14(18)19/h4-6,12H,7-9H2,1-3H3,(H,18,19). The van der Waals surface area contributed by atoms with Crippen LogP contribution in [0.15, 0.2) is 18.2 Å². The van der Waals surface area contributed by atoms with Crippen LogP contribution in [0.3, 0.4) is 0 Å². The fraction of sp³-hybridized carbons (Fsp3) is 0.533. The number of benzene rings is 1. The van der Waals surface area contributed by atoms with Gasteiger partial charge in [-0.3, -0.25) is 4.79 Å². The van der Waals surface area contributed by atoms with Gasteiger partial charge in [0.15, 0.2) is 0 Å². The van der Waals surface area contributed by atoms with Crippen molar-refractivity contribution in [3.8, 4) is 11.5 Å². The predicted molar refractivity (Wildman–Crippen MR) is 85.5 cm³/mol. The largest absolute Gasteiger partial charge is 0.497 e. The molecule has 24 heavy (non-hydrogen) atoms. The molecule has 2 aliphatic heterocycles. The molecule has 2 aliphatic rings. The van der Waals surface area contributed by atoms with Gasteiger partial charge in [-0.25, -0.2) is 0 Å². The smallest absolute Gasteiger partial charge is 0.315 e. The topological polar surface area (TPSA) is 96.4 Å². The van der Waals surface area contributed by atoms with Gasteiger partial charge in [0.25, 0.3) is 10.2 Å². The third-order valence-electron chi connectivity index (χ3n) is 4.81. The summed E-state index contributed by atoms with van der Waals surface area (Å²) in [5.74, 6) is -0.377. The van der Waals surface area contributed by atoms with Crippen molar-refractivity contribution in [3.63, 3.8) is 0 Å². The molecule has 3 rings (SSSR count). The van der Waals surface area contributed by atoms with Crippen LogP contribution in [-0.2, 0) is 15.0 Å². The van der Waals surface area contributed by atoms with E-state index in [2.05, 4.69) is 0 Å². The van der Waals surface area contributed by atoms with E-state index in [0.29, 0.717) is 17.1 Å². The van der Waals surface area contributed by atoms with Gasteiger partial charge < -0.3 is 14.6 Å². The first-order valence-corrected chi connectivity index (χ1v) is 8.84. The van der Waals surface area contributed by atoms with Crippen LogP contribution in [0.25, 0.3) is 0 Å². The summed E-state index contributed by atoms with van der Waals surface area (Å²) in [5.41, 5.74) is -0.592. The maximum atomic E-state index is 12.5. The van der Waals surface area contributed by atoms with Crippen LogP contribution in [0.5, 0.6) is 11.5 Å². The van der Waals surface area contributed by atoms with Crippen molar-refractivity contribution in [2.45, 2.75) is 5.92 Å². The van der Waals surface area contributed by atoms with Gasteiger partial charge in [-0.15, -0.1) is 0 Å². The Kier molecular flexibility index (Phi) is 3.97. The van der Waals surface area contributed by atoms with Gasteiger partial charge in [0.2, 0.25) is 0 Å². The lowest BCUT2D eigenvalue weighted by Gasteiger charge is -2.36. The maximum absolute atomic E-state index is 12.5. The molecule has 1 saturated heterocycles. The number of aliphatic carboxylic acids is 1. The van der Waals surface area contributed by atoms with Crippen molar-refractivity contribution >= 4 is 16.2 Å². The van der Waals surface area contributed by atoms with Gasteiger partial charge in [0.05, 0.1) is 7.11 Å². The van der Waals surface area contributed by atoms with E-state index in [1.165, 1.54) is 25.5 Å². The zero-order valence-electron chi connectivity index (χ0n) is 13.7. The highest BCUT2D eigenvalue weighted by Crippen LogP contribution is 2.51. The summed E-state index contributed by atoms with van der Waals surface area (Å²) in [6, 6.07) is 5.18. The van der Waals surface area contributed by atoms with Crippen LogP contribution in [0.4, 0.5) is 0 Å². The molecule has 1 fully saturated rings. The second kappa shape index (κ2) is 5.61. The Hall–Kier alpha value is -1.84. The molecule has 0 radical (unpaired) electrons. The molecule has 132 valence electrons. The normalized spacial score (nSPS) is 26.6. The lowest BCUT2D eigenvalue weighted by molar-refractivity contribution is -0.151. The summed E-state index contributed by atoms with van der Waals surface area (Å²) in [7, 11) is 0.697. The summed E-state index contributed by atoms with van der Waals surface area (Å²) in [4.78, 5) is 12.0. The van der Waals surface area contributed by atoms with E-state index in [0.717, 1.165) is 4.31 Å². The minimum Gasteiger partial charge on any atom is -0.497 e. The fourth-order valence-electron chi connectivity index (χ4n) is 3.36. The highest BCUT2D eigenvalue weighted by molar-refractivity contribution is 7.86. The number of carbonyl (C=O) groups is 1. The SMILES string of the molecule is COc1ccc2c(c1)OCC1(C(=O)O)CN(S(=O)(=O)N(C)C)CC21. The first-order chi connectivity index (χ1) is 11.2. The van der Waals surface area contributed by atoms with Crippen LogP contribution in [0, 0.1) is 5.41 Å². The first kappa shape index (κ1) is 17.0. The highest BCUT2D eigenvalue weighted by atomic mass is 32.2. The zero-order valence-corrected chi connectivity index (χ0v) is 14.5. The second-order valence-corrected chi connectivity index (χ2v) is 8.43. The molecular formula is C15H20N2O6S. The van der Waals surface area contributed by atoms with E-state index < -0.39 is 27.5 Å². The number of nitrogens with zero attached hydrogens (tertiary/aromatic N) is 2. The Morgan fingerprint density at radius 2 is 2.17 bits per heavy atom.